The molecule has 0 spiro atoms. The van der Waals surface area contributed by atoms with Crippen LogP contribution in [0.2, 0.25) is 0 Å². The predicted octanol–water partition coefficient (Wildman–Crippen LogP) is -0.530. The van der Waals surface area contributed by atoms with Crippen molar-refractivity contribution in [1.82, 2.24) is 0 Å². The number of rotatable bonds is 10. The molecule has 0 aromatic heterocycles. The minimum Gasteiger partial charge on any atom is -0.748 e. The molecular weight excluding hydrogens is 315 g/mol. The second-order valence-electron chi connectivity index (χ2n) is 4.09. The van der Waals surface area contributed by atoms with Gasteiger partial charge in [0.05, 0.1) is 22.5 Å². The fourth-order valence-corrected chi connectivity index (χ4v) is 2.03. The first-order chi connectivity index (χ1) is 8.28. The van der Waals surface area contributed by atoms with Gasteiger partial charge in [0.25, 0.3) is 0 Å². The van der Waals surface area contributed by atoms with Gasteiger partial charge in [-0.1, -0.05) is 19.3 Å². The molecule has 9 heteroatoms. The van der Waals surface area contributed by atoms with Crippen molar-refractivity contribution in [2.45, 2.75) is 50.6 Å². The van der Waals surface area contributed by atoms with Crippen molar-refractivity contribution in [3.8, 4) is 0 Å². The molecule has 0 aromatic rings. The van der Waals surface area contributed by atoms with E-state index in [0.717, 1.165) is 0 Å². The summed E-state index contributed by atoms with van der Waals surface area (Å²) in [7, 11) is -4.91. The van der Waals surface area contributed by atoms with E-state index < -0.39 is 41.1 Å². The maximum atomic E-state index is 13.1. The standard InChI is InChI=1S/C10H18F4O3S.K/c11-6-4-2-1-3-5-8(12)10(14)9(13)7-18(15,16)17;/h8-10H,1-7H2,(H,15,16,17);/q;+1/p-1. The normalized spacial score (nSPS) is 16.5. The van der Waals surface area contributed by atoms with Crippen molar-refractivity contribution >= 4 is 10.1 Å². The van der Waals surface area contributed by atoms with E-state index >= 15 is 0 Å². The van der Waals surface area contributed by atoms with Gasteiger partial charge in [-0.2, -0.15) is 0 Å². The summed E-state index contributed by atoms with van der Waals surface area (Å²) in [6, 6.07) is 0. The van der Waals surface area contributed by atoms with Gasteiger partial charge < -0.3 is 4.55 Å². The monoisotopic (exact) mass is 332 g/mol. The summed E-state index contributed by atoms with van der Waals surface area (Å²) in [5.74, 6) is -1.56. The zero-order valence-electron chi connectivity index (χ0n) is 10.8. The van der Waals surface area contributed by atoms with Gasteiger partial charge in [-0.05, 0) is 12.8 Å². The van der Waals surface area contributed by atoms with Crippen LogP contribution in [0.4, 0.5) is 17.6 Å². The summed E-state index contributed by atoms with van der Waals surface area (Å²) in [6.45, 7) is -0.474. The number of halogens is 4. The summed E-state index contributed by atoms with van der Waals surface area (Å²) in [5.41, 5.74) is 0. The third kappa shape index (κ3) is 12.7. The summed E-state index contributed by atoms with van der Waals surface area (Å²) in [6.07, 6.45) is -6.04. The molecule has 0 N–H and O–H groups in total. The van der Waals surface area contributed by atoms with Crippen molar-refractivity contribution in [3.05, 3.63) is 0 Å². The number of alkyl halides is 4. The molecule has 0 aliphatic rings. The van der Waals surface area contributed by atoms with Crippen molar-refractivity contribution in [2.24, 2.45) is 0 Å². The molecule has 0 bridgehead atoms. The van der Waals surface area contributed by atoms with Crippen LogP contribution in [-0.4, -0.2) is 43.9 Å². The van der Waals surface area contributed by atoms with Crippen LogP contribution < -0.4 is 51.4 Å². The van der Waals surface area contributed by atoms with E-state index in [1.54, 1.807) is 0 Å². The molecule has 3 nitrogen and oxygen atoms in total. The quantitative estimate of drug-likeness (QED) is 0.234. The van der Waals surface area contributed by atoms with Gasteiger partial charge in [-0.15, -0.1) is 0 Å². The van der Waals surface area contributed by atoms with E-state index in [9.17, 15) is 30.5 Å². The summed E-state index contributed by atoms with van der Waals surface area (Å²) in [4.78, 5) is 0. The molecule has 0 heterocycles. The average Bonchev–Trinajstić information content (AvgIpc) is 2.25. The zero-order chi connectivity index (χ0) is 14.2. The Bertz CT molecular complexity index is 316. The van der Waals surface area contributed by atoms with Gasteiger partial charge in [0.15, 0.2) is 6.17 Å². The molecule has 3 unspecified atom stereocenters. The smallest absolute Gasteiger partial charge is 0.748 e. The van der Waals surface area contributed by atoms with Gasteiger partial charge in [-0.3, -0.25) is 4.39 Å². The molecule has 0 saturated carbocycles. The molecule has 3 atom stereocenters. The topological polar surface area (TPSA) is 57.2 Å². The van der Waals surface area contributed by atoms with Gasteiger partial charge in [0, 0.05) is 0 Å². The summed E-state index contributed by atoms with van der Waals surface area (Å²) < 4.78 is 81.4. The Kier molecular flexibility index (Phi) is 14.1. The van der Waals surface area contributed by atoms with Crippen LogP contribution in [0.15, 0.2) is 0 Å². The van der Waals surface area contributed by atoms with Crippen LogP contribution in [0.25, 0.3) is 0 Å². The second-order valence-corrected chi connectivity index (χ2v) is 5.54. The van der Waals surface area contributed by atoms with Crippen LogP contribution in [-0.2, 0) is 10.1 Å². The third-order valence-corrected chi connectivity index (χ3v) is 3.14. The Balaban J connectivity index is 0. The first-order valence-electron chi connectivity index (χ1n) is 5.69. The first kappa shape index (κ1) is 22.5. The molecule has 110 valence electrons. The van der Waals surface area contributed by atoms with E-state index in [2.05, 4.69) is 0 Å². The van der Waals surface area contributed by atoms with Crippen molar-refractivity contribution in [3.63, 3.8) is 0 Å². The second kappa shape index (κ2) is 11.9. The van der Waals surface area contributed by atoms with Crippen LogP contribution in [0, 0.1) is 0 Å². The molecule has 0 aliphatic carbocycles. The molecule has 19 heavy (non-hydrogen) atoms. The maximum Gasteiger partial charge on any atom is 1.00 e. The van der Waals surface area contributed by atoms with Gasteiger partial charge in [0.1, 0.15) is 12.3 Å². The SMILES string of the molecule is O=S(=O)([O-])CC(F)C(F)C(F)CCCCCCF.[K+]. The van der Waals surface area contributed by atoms with Crippen molar-refractivity contribution in [2.75, 3.05) is 12.4 Å². The Morgan fingerprint density at radius 1 is 0.947 bits per heavy atom. The minimum atomic E-state index is -4.91. The van der Waals surface area contributed by atoms with E-state index in [0.29, 0.717) is 19.3 Å². The van der Waals surface area contributed by atoms with E-state index in [1.165, 1.54) is 0 Å². The summed E-state index contributed by atoms with van der Waals surface area (Å²) in [5, 5.41) is 0. The zero-order valence-corrected chi connectivity index (χ0v) is 14.8. The van der Waals surface area contributed by atoms with Crippen LogP contribution in [0.3, 0.4) is 0 Å². The molecule has 0 fully saturated rings. The maximum absolute atomic E-state index is 13.1. The molecule has 0 saturated heterocycles. The summed E-state index contributed by atoms with van der Waals surface area (Å²) >= 11 is 0. The molecule has 0 aliphatic heterocycles. The van der Waals surface area contributed by atoms with E-state index in [1.807, 2.05) is 0 Å². The molecule has 0 amide bonds. The number of unbranched alkanes of at least 4 members (excludes halogenated alkanes) is 3. The Morgan fingerprint density at radius 2 is 1.47 bits per heavy atom. The molecule has 0 radical (unpaired) electrons. The predicted molar refractivity (Wildman–Crippen MR) is 58.3 cm³/mol. The number of hydrogen-bond acceptors (Lipinski definition) is 3. The van der Waals surface area contributed by atoms with Crippen LogP contribution >= 0.6 is 0 Å². The van der Waals surface area contributed by atoms with Gasteiger partial charge >= 0.3 is 51.4 Å². The Labute approximate surface area is 153 Å². The van der Waals surface area contributed by atoms with E-state index in [4.69, 9.17) is 0 Å². The van der Waals surface area contributed by atoms with Crippen molar-refractivity contribution in [1.29, 1.82) is 0 Å². The third-order valence-electron chi connectivity index (χ3n) is 2.42. The Hall–Kier alpha value is 1.27. The Morgan fingerprint density at radius 3 is 1.95 bits per heavy atom. The fourth-order valence-electron chi connectivity index (χ4n) is 1.46. The fraction of sp³-hybridized carbons (Fsp3) is 1.00. The molecule has 0 rings (SSSR count). The van der Waals surface area contributed by atoms with Crippen LogP contribution in [0.5, 0.6) is 0 Å². The van der Waals surface area contributed by atoms with Crippen LogP contribution in [0.1, 0.15) is 32.1 Å². The van der Waals surface area contributed by atoms with Gasteiger partial charge in [-0.25, -0.2) is 21.6 Å². The number of hydrogen-bond donors (Lipinski definition) is 0. The average molecular weight is 332 g/mol. The van der Waals surface area contributed by atoms with E-state index in [-0.39, 0.29) is 64.2 Å². The molecule has 0 aromatic carbocycles. The first-order valence-corrected chi connectivity index (χ1v) is 7.27. The minimum absolute atomic E-state index is 0. The molecular formula is C10H17F4KO3S. The largest absolute Gasteiger partial charge is 1.00 e. The van der Waals surface area contributed by atoms with Crippen molar-refractivity contribution < 1.29 is 81.9 Å². The van der Waals surface area contributed by atoms with Gasteiger partial charge in [0.2, 0.25) is 0 Å².